The van der Waals surface area contributed by atoms with Gasteiger partial charge >= 0.3 is 0 Å². The second-order valence-electron chi connectivity index (χ2n) is 3.90. The summed E-state index contributed by atoms with van der Waals surface area (Å²) in [6, 6.07) is 9.64. The lowest BCUT2D eigenvalue weighted by molar-refractivity contribution is 0.112. The van der Waals surface area contributed by atoms with Crippen molar-refractivity contribution in [3.05, 3.63) is 35.2 Å². The lowest BCUT2D eigenvalue weighted by Crippen LogP contribution is -2.06. The lowest BCUT2D eigenvalue weighted by Gasteiger charge is -1.99. The van der Waals surface area contributed by atoms with Gasteiger partial charge in [-0.2, -0.15) is 0 Å². The van der Waals surface area contributed by atoms with Gasteiger partial charge in [0.15, 0.2) is 6.29 Å². The molecule has 0 amide bonds. The van der Waals surface area contributed by atoms with Crippen molar-refractivity contribution in [3.8, 4) is 11.3 Å². The minimum absolute atomic E-state index is 0.588. The Labute approximate surface area is 110 Å². The van der Waals surface area contributed by atoms with Gasteiger partial charge < -0.3 is 4.90 Å². The zero-order valence-corrected chi connectivity index (χ0v) is 11.0. The van der Waals surface area contributed by atoms with E-state index in [-0.39, 0.29) is 0 Å². The van der Waals surface area contributed by atoms with E-state index >= 15 is 0 Å². The Morgan fingerprint density at radius 3 is 2.61 bits per heavy atom. The van der Waals surface area contributed by atoms with Crippen molar-refractivity contribution in [2.24, 2.45) is 4.99 Å². The highest BCUT2D eigenvalue weighted by atomic mass is 32.1. The standard InChI is InChI=1S/C13H13N3OS/c1-16(2)9-14-13-15-12(11(8-17)18-13)10-6-4-3-5-7-10/h3-9H,1-2H3/b14-9+. The number of hydrogen-bond donors (Lipinski definition) is 0. The van der Waals surface area contributed by atoms with Crippen molar-refractivity contribution in [2.75, 3.05) is 14.1 Å². The zero-order chi connectivity index (χ0) is 13.0. The molecule has 2 aromatic rings. The van der Waals surface area contributed by atoms with Gasteiger partial charge in [-0.3, -0.25) is 4.79 Å². The highest BCUT2D eigenvalue weighted by Gasteiger charge is 2.11. The SMILES string of the molecule is CN(C)/C=N/c1nc(-c2ccccc2)c(C=O)s1. The fourth-order valence-corrected chi connectivity index (χ4v) is 2.16. The monoisotopic (exact) mass is 259 g/mol. The van der Waals surface area contributed by atoms with Crippen LogP contribution in [0.4, 0.5) is 5.13 Å². The molecule has 0 saturated carbocycles. The number of aliphatic imine (C=N–C) groups is 1. The van der Waals surface area contributed by atoms with E-state index in [1.165, 1.54) is 11.3 Å². The predicted molar refractivity (Wildman–Crippen MR) is 74.8 cm³/mol. The number of nitrogens with zero attached hydrogens (tertiary/aromatic N) is 3. The van der Waals surface area contributed by atoms with E-state index in [9.17, 15) is 4.79 Å². The number of hydrogen-bond acceptors (Lipinski definition) is 4. The third kappa shape index (κ3) is 2.81. The summed E-state index contributed by atoms with van der Waals surface area (Å²) in [5.41, 5.74) is 1.63. The molecule has 0 aliphatic carbocycles. The minimum Gasteiger partial charge on any atom is -0.369 e. The fraction of sp³-hybridized carbons (Fsp3) is 0.154. The second kappa shape index (κ2) is 5.55. The van der Waals surface area contributed by atoms with Gasteiger partial charge in [-0.1, -0.05) is 41.7 Å². The Hall–Kier alpha value is -2.01. The molecule has 0 fully saturated rings. The van der Waals surface area contributed by atoms with Gasteiger partial charge in [0.2, 0.25) is 5.13 Å². The molecule has 0 unspecified atom stereocenters. The Kier molecular flexibility index (Phi) is 3.84. The third-order valence-electron chi connectivity index (χ3n) is 2.20. The van der Waals surface area contributed by atoms with Crippen molar-refractivity contribution in [2.45, 2.75) is 0 Å². The molecule has 0 atom stereocenters. The van der Waals surface area contributed by atoms with E-state index in [1.807, 2.05) is 49.3 Å². The Morgan fingerprint density at radius 2 is 2.00 bits per heavy atom. The molecule has 92 valence electrons. The number of aromatic nitrogens is 1. The normalized spacial score (nSPS) is 10.8. The number of thiazole rings is 1. The van der Waals surface area contributed by atoms with Crippen molar-refractivity contribution >= 4 is 29.1 Å². The van der Waals surface area contributed by atoms with Crippen LogP contribution in [0.5, 0.6) is 0 Å². The molecule has 0 aliphatic rings. The maximum absolute atomic E-state index is 11.1. The van der Waals surface area contributed by atoms with Crippen LogP contribution in [0.2, 0.25) is 0 Å². The summed E-state index contributed by atoms with van der Waals surface area (Å²) in [6.07, 6.45) is 2.50. The third-order valence-corrected chi connectivity index (χ3v) is 3.08. The molecular formula is C13H13N3OS. The van der Waals surface area contributed by atoms with Gasteiger partial charge in [-0.05, 0) is 0 Å². The van der Waals surface area contributed by atoms with Crippen LogP contribution in [0.1, 0.15) is 9.67 Å². The summed E-state index contributed by atoms with van der Waals surface area (Å²) in [4.78, 5) is 22.1. The van der Waals surface area contributed by atoms with Crippen LogP contribution >= 0.6 is 11.3 Å². The summed E-state index contributed by atoms with van der Waals surface area (Å²) in [7, 11) is 3.77. The highest BCUT2D eigenvalue weighted by Crippen LogP contribution is 2.31. The van der Waals surface area contributed by atoms with Crippen molar-refractivity contribution < 1.29 is 4.79 Å². The van der Waals surface area contributed by atoms with Gasteiger partial charge in [0, 0.05) is 19.7 Å². The maximum atomic E-state index is 11.1. The summed E-state index contributed by atoms with van der Waals surface area (Å²) >= 11 is 1.29. The first-order valence-electron chi connectivity index (χ1n) is 5.42. The average Bonchev–Trinajstić information content (AvgIpc) is 2.80. The molecule has 0 radical (unpaired) electrons. The summed E-state index contributed by atoms with van der Waals surface area (Å²) in [6.45, 7) is 0. The van der Waals surface area contributed by atoms with Crippen molar-refractivity contribution in [3.63, 3.8) is 0 Å². The van der Waals surface area contributed by atoms with E-state index < -0.39 is 0 Å². The zero-order valence-electron chi connectivity index (χ0n) is 10.2. The first-order chi connectivity index (χ1) is 8.70. The van der Waals surface area contributed by atoms with E-state index in [4.69, 9.17) is 0 Å². The second-order valence-corrected chi connectivity index (χ2v) is 4.91. The summed E-state index contributed by atoms with van der Waals surface area (Å²) in [5, 5.41) is 0.588. The number of carbonyl (C=O) groups is 1. The van der Waals surface area contributed by atoms with Crippen LogP contribution in [-0.4, -0.2) is 36.6 Å². The van der Waals surface area contributed by atoms with Crippen LogP contribution in [0.3, 0.4) is 0 Å². The highest BCUT2D eigenvalue weighted by molar-refractivity contribution is 7.17. The molecule has 1 aromatic carbocycles. The molecule has 5 heteroatoms. The van der Waals surface area contributed by atoms with Gasteiger partial charge in [0.25, 0.3) is 0 Å². The molecule has 18 heavy (non-hydrogen) atoms. The quantitative estimate of drug-likeness (QED) is 0.482. The lowest BCUT2D eigenvalue weighted by atomic mass is 10.1. The molecule has 1 aromatic heterocycles. The number of carbonyl (C=O) groups excluding carboxylic acids is 1. The molecule has 2 rings (SSSR count). The Balaban J connectivity index is 2.39. The van der Waals surface area contributed by atoms with Crippen LogP contribution in [0, 0.1) is 0 Å². The molecule has 0 bridgehead atoms. The van der Waals surface area contributed by atoms with Crippen LogP contribution < -0.4 is 0 Å². The van der Waals surface area contributed by atoms with Crippen molar-refractivity contribution in [1.29, 1.82) is 0 Å². The van der Waals surface area contributed by atoms with Gasteiger partial charge in [-0.15, -0.1) is 0 Å². The molecule has 0 aliphatic heterocycles. The van der Waals surface area contributed by atoms with E-state index in [0.29, 0.717) is 15.7 Å². The number of benzene rings is 1. The van der Waals surface area contributed by atoms with Crippen LogP contribution in [-0.2, 0) is 0 Å². The predicted octanol–water partition coefficient (Wildman–Crippen LogP) is 2.84. The number of aldehydes is 1. The van der Waals surface area contributed by atoms with Crippen LogP contribution in [0.25, 0.3) is 11.3 Å². The Bertz CT molecular complexity index is 561. The largest absolute Gasteiger partial charge is 0.369 e. The Morgan fingerprint density at radius 1 is 1.28 bits per heavy atom. The molecule has 0 spiro atoms. The molecule has 0 N–H and O–H groups in total. The maximum Gasteiger partial charge on any atom is 0.211 e. The van der Waals surface area contributed by atoms with E-state index in [0.717, 1.165) is 11.8 Å². The van der Waals surface area contributed by atoms with E-state index in [1.54, 1.807) is 6.34 Å². The van der Waals surface area contributed by atoms with Gasteiger partial charge in [-0.25, -0.2) is 9.98 Å². The minimum atomic E-state index is 0.588. The first kappa shape index (κ1) is 12.4. The van der Waals surface area contributed by atoms with E-state index in [2.05, 4.69) is 9.98 Å². The summed E-state index contributed by atoms with van der Waals surface area (Å²) < 4.78 is 0. The smallest absolute Gasteiger partial charge is 0.211 e. The average molecular weight is 259 g/mol. The molecule has 1 heterocycles. The molecular weight excluding hydrogens is 246 g/mol. The van der Waals surface area contributed by atoms with Crippen molar-refractivity contribution in [1.82, 2.24) is 9.88 Å². The molecule has 4 nitrogen and oxygen atoms in total. The van der Waals surface area contributed by atoms with Crippen LogP contribution in [0.15, 0.2) is 35.3 Å². The topological polar surface area (TPSA) is 45.6 Å². The first-order valence-corrected chi connectivity index (χ1v) is 6.24. The van der Waals surface area contributed by atoms with Gasteiger partial charge in [0.1, 0.15) is 0 Å². The fourth-order valence-electron chi connectivity index (χ4n) is 1.42. The molecule has 0 saturated heterocycles. The summed E-state index contributed by atoms with van der Waals surface area (Å²) in [5.74, 6) is 0. The number of rotatable bonds is 4. The van der Waals surface area contributed by atoms with Gasteiger partial charge in [0.05, 0.1) is 16.9 Å².